The summed E-state index contributed by atoms with van der Waals surface area (Å²) in [5.41, 5.74) is 2.00. The van der Waals surface area contributed by atoms with Crippen LogP contribution in [0.4, 0.5) is 0 Å². The van der Waals surface area contributed by atoms with Crippen molar-refractivity contribution in [1.29, 1.82) is 0 Å². The molecule has 0 amide bonds. The second kappa shape index (κ2) is 7.67. The highest BCUT2D eigenvalue weighted by Gasteiger charge is 2.07. The second-order valence-electron chi connectivity index (χ2n) is 3.97. The monoisotopic (exact) mass is 261 g/mol. The summed E-state index contributed by atoms with van der Waals surface area (Å²) in [5.74, 6) is 0. The first-order valence-electron chi connectivity index (χ1n) is 5.92. The van der Waals surface area contributed by atoms with Crippen LogP contribution in [0.15, 0.2) is 48.7 Å². The lowest BCUT2D eigenvalue weighted by atomic mass is 10.1. The van der Waals surface area contributed by atoms with E-state index in [4.69, 9.17) is 17.0 Å². The number of ether oxygens (including phenoxy) is 1. The van der Waals surface area contributed by atoms with E-state index in [1.54, 1.807) is 0 Å². The van der Waals surface area contributed by atoms with Crippen molar-refractivity contribution in [2.75, 3.05) is 20.7 Å². The Kier molecular flexibility index (Phi) is 6.15. The van der Waals surface area contributed by atoms with E-state index in [2.05, 4.69) is 0 Å². The van der Waals surface area contributed by atoms with Crippen LogP contribution < -0.4 is 0 Å². The molecule has 0 aliphatic rings. The van der Waals surface area contributed by atoms with Gasteiger partial charge in [0.2, 0.25) is 0 Å². The molecule has 0 bridgehead atoms. The smallest absolute Gasteiger partial charge is 0.191 e. The minimum Gasteiger partial charge on any atom is -0.483 e. The predicted octanol–water partition coefficient (Wildman–Crippen LogP) is 3.51. The van der Waals surface area contributed by atoms with Crippen molar-refractivity contribution in [3.8, 4) is 0 Å². The highest BCUT2D eigenvalue weighted by Crippen LogP contribution is 2.17. The largest absolute Gasteiger partial charge is 0.483 e. The van der Waals surface area contributed by atoms with Crippen molar-refractivity contribution < 1.29 is 4.74 Å². The molecular weight excluding hydrogens is 242 g/mol. The van der Waals surface area contributed by atoms with Gasteiger partial charge in [-0.2, -0.15) is 0 Å². The van der Waals surface area contributed by atoms with Gasteiger partial charge in [0, 0.05) is 19.7 Å². The van der Waals surface area contributed by atoms with E-state index in [-0.39, 0.29) is 0 Å². The molecule has 0 N–H and O–H groups in total. The molecular formula is C15H19NOS. The van der Waals surface area contributed by atoms with Gasteiger partial charge in [-0.3, -0.25) is 0 Å². The highest BCUT2D eigenvalue weighted by atomic mass is 32.1. The summed E-state index contributed by atoms with van der Waals surface area (Å²) in [6, 6.07) is 10.0. The van der Waals surface area contributed by atoms with E-state index in [0.29, 0.717) is 11.7 Å². The van der Waals surface area contributed by atoms with Gasteiger partial charge in [-0.05, 0) is 43.1 Å². The Morgan fingerprint density at radius 2 is 1.94 bits per heavy atom. The number of benzene rings is 1. The second-order valence-corrected chi connectivity index (χ2v) is 4.34. The SMILES string of the molecule is CCOC(=S)C(=CC=CN(C)C)c1ccccc1. The first kappa shape index (κ1) is 14.5. The van der Waals surface area contributed by atoms with E-state index >= 15 is 0 Å². The molecule has 3 heteroatoms. The lowest BCUT2D eigenvalue weighted by Gasteiger charge is -2.09. The molecule has 0 aliphatic carbocycles. The van der Waals surface area contributed by atoms with Crippen LogP contribution in [-0.2, 0) is 4.74 Å². The zero-order chi connectivity index (χ0) is 13.4. The maximum Gasteiger partial charge on any atom is 0.191 e. The van der Waals surface area contributed by atoms with Crippen molar-refractivity contribution >= 4 is 22.8 Å². The van der Waals surface area contributed by atoms with Crippen LogP contribution in [-0.4, -0.2) is 30.7 Å². The third-order valence-corrected chi connectivity index (χ3v) is 2.57. The zero-order valence-electron chi connectivity index (χ0n) is 11.1. The molecule has 0 atom stereocenters. The normalized spacial score (nSPS) is 11.6. The van der Waals surface area contributed by atoms with Crippen LogP contribution in [0.25, 0.3) is 5.57 Å². The Morgan fingerprint density at radius 3 is 2.50 bits per heavy atom. The molecule has 0 unspecified atom stereocenters. The fraction of sp³-hybridized carbons (Fsp3) is 0.267. The maximum absolute atomic E-state index is 5.43. The van der Waals surface area contributed by atoms with Crippen molar-refractivity contribution in [3.63, 3.8) is 0 Å². The highest BCUT2D eigenvalue weighted by molar-refractivity contribution is 7.81. The molecule has 0 saturated heterocycles. The average molecular weight is 261 g/mol. The van der Waals surface area contributed by atoms with Crippen molar-refractivity contribution in [2.24, 2.45) is 0 Å². The van der Waals surface area contributed by atoms with Gasteiger partial charge in [0.25, 0.3) is 0 Å². The predicted molar refractivity (Wildman–Crippen MR) is 81.5 cm³/mol. The average Bonchev–Trinajstić information content (AvgIpc) is 2.35. The molecule has 0 heterocycles. The van der Waals surface area contributed by atoms with Crippen LogP contribution in [0.1, 0.15) is 12.5 Å². The number of allylic oxidation sites excluding steroid dienone is 2. The summed E-state index contributed by atoms with van der Waals surface area (Å²) in [6.07, 6.45) is 5.92. The number of hydrogen-bond donors (Lipinski definition) is 0. The van der Waals surface area contributed by atoms with Gasteiger partial charge in [0.1, 0.15) is 0 Å². The third kappa shape index (κ3) is 4.72. The molecule has 0 fully saturated rings. The summed E-state index contributed by atoms with van der Waals surface area (Å²) >= 11 is 5.30. The Morgan fingerprint density at radius 1 is 1.28 bits per heavy atom. The summed E-state index contributed by atoms with van der Waals surface area (Å²) in [7, 11) is 3.96. The fourth-order valence-corrected chi connectivity index (χ4v) is 1.72. The molecule has 0 radical (unpaired) electrons. The van der Waals surface area contributed by atoms with Gasteiger partial charge in [0.05, 0.1) is 6.61 Å². The summed E-state index contributed by atoms with van der Waals surface area (Å²) in [4.78, 5) is 1.98. The van der Waals surface area contributed by atoms with Crippen LogP contribution in [0, 0.1) is 0 Å². The van der Waals surface area contributed by atoms with E-state index < -0.39 is 0 Å². The van der Waals surface area contributed by atoms with Gasteiger partial charge < -0.3 is 9.64 Å². The molecule has 0 aliphatic heterocycles. The van der Waals surface area contributed by atoms with Crippen molar-refractivity contribution in [2.45, 2.75) is 6.92 Å². The van der Waals surface area contributed by atoms with Crippen molar-refractivity contribution in [3.05, 3.63) is 54.2 Å². The summed E-state index contributed by atoms with van der Waals surface area (Å²) in [6.45, 7) is 2.52. The first-order chi connectivity index (χ1) is 8.65. The topological polar surface area (TPSA) is 12.5 Å². The van der Waals surface area contributed by atoms with Crippen molar-refractivity contribution in [1.82, 2.24) is 4.90 Å². The first-order valence-corrected chi connectivity index (χ1v) is 6.33. The van der Waals surface area contributed by atoms with E-state index in [1.807, 2.05) is 74.6 Å². The lowest BCUT2D eigenvalue weighted by Crippen LogP contribution is -2.04. The standard InChI is InChI=1S/C15H19NOS/c1-4-17-15(18)14(11-8-12-16(2)3)13-9-6-5-7-10-13/h5-12H,4H2,1-3H3. The number of hydrogen-bond acceptors (Lipinski definition) is 3. The Bertz CT molecular complexity index is 435. The van der Waals surface area contributed by atoms with Crippen LogP contribution in [0.2, 0.25) is 0 Å². The minimum absolute atomic E-state index is 0.534. The Balaban J connectivity index is 2.99. The van der Waals surface area contributed by atoms with Gasteiger partial charge in [-0.25, -0.2) is 0 Å². The molecule has 18 heavy (non-hydrogen) atoms. The molecule has 1 rings (SSSR count). The quantitative estimate of drug-likeness (QED) is 0.457. The Labute approximate surface area is 115 Å². The fourth-order valence-electron chi connectivity index (χ4n) is 1.42. The molecule has 96 valence electrons. The Hall–Kier alpha value is -1.61. The number of rotatable bonds is 5. The minimum atomic E-state index is 0.534. The zero-order valence-corrected chi connectivity index (χ0v) is 11.9. The van der Waals surface area contributed by atoms with E-state index in [1.165, 1.54) is 0 Å². The third-order valence-electron chi connectivity index (χ3n) is 2.23. The van der Waals surface area contributed by atoms with Gasteiger partial charge >= 0.3 is 0 Å². The van der Waals surface area contributed by atoms with Gasteiger partial charge in [-0.1, -0.05) is 30.3 Å². The van der Waals surface area contributed by atoms with E-state index in [0.717, 1.165) is 11.1 Å². The summed E-state index contributed by atoms with van der Waals surface area (Å²) < 4.78 is 5.43. The van der Waals surface area contributed by atoms with E-state index in [9.17, 15) is 0 Å². The number of nitrogens with zero attached hydrogens (tertiary/aromatic N) is 1. The molecule has 1 aromatic carbocycles. The van der Waals surface area contributed by atoms with Crippen LogP contribution >= 0.6 is 12.2 Å². The van der Waals surface area contributed by atoms with Crippen LogP contribution in [0.5, 0.6) is 0 Å². The lowest BCUT2D eigenvalue weighted by molar-refractivity contribution is 0.341. The molecule has 2 nitrogen and oxygen atoms in total. The van der Waals surface area contributed by atoms with Gasteiger partial charge in [0.15, 0.2) is 5.05 Å². The summed E-state index contributed by atoms with van der Waals surface area (Å²) in [5, 5.41) is 0.534. The van der Waals surface area contributed by atoms with Crippen LogP contribution in [0.3, 0.4) is 0 Å². The molecule has 0 saturated carbocycles. The van der Waals surface area contributed by atoms with Gasteiger partial charge in [-0.15, -0.1) is 0 Å². The molecule has 0 spiro atoms. The maximum atomic E-state index is 5.43. The number of thiocarbonyl (C=S) groups is 1. The molecule has 0 aromatic heterocycles. The molecule has 1 aromatic rings.